The van der Waals surface area contributed by atoms with E-state index in [1.165, 1.54) is 0 Å². The van der Waals surface area contributed by atoms with Crippen LogP contribution in [-0.4, -0.2) is 45.1 Å². The molecule has 0 radical (unpaired) electrons. The first-order valence-corrected chi connectivity index (χ1v) is 5.39. The normalized spacial score (nSPS) is 20.1. The van der Waals surface area contributed by atoms with E-state index in [0.717, 1.165) is 5.69 Å². The fourth-order valence-corrected chi connectivity index (χ4v) is 1.83. The van der Waals surface area contributed by atoms with E-state index in [4.69, 9.17) is 0 Å². The molecular weight excluding hydrogens is 206 g/mol. The average Bonchev–Trinajstić information content (AvgIpc) is 2.68. The summed E-state index contributed by atoms with van der Waals surface area (Å²) in [5, 5.41) is 9.35. The third kappa shape index (κ3) is 2.36. The van der Waals surface area contributed by atoms with Gasteiger partial charge in [-0.3, -0.25) is 14.8 Å². The molecule has 1 aromatic heterocycles. The number of aromatic nitrogens is 2. The van der Waals surface area contributed by atoms with Gasteiger partial charge in [-0.05, 0) is 13.3 Å². The molecule has 1 fully saturated rings. The number of likely N-dealkylation sites (tertiary alicyclic amines) is 1. The van der Waals surface area contributed by atoms with Gasteiger partial charge in [0.15, 0.2) is 0 Å². The third-order valence-electron chi connectivity index (χ3n) is 2.82. The van der Waals surface area contributed by atoms with Gasteiger partial charge in [-0.2, -0.15) is 0 Å². The number of aliphatic hydroxyl groups is 1. The lowest BCUT2D eigenvalue weighted by Gasteiger charge is -2.15. The molecule has 1 saturated heterocycles. The number of rotatable bonds is 2. The maximum atomic E-state index is 11.9. The molecule has 2 heterocycles. The van der Waals surface area contributed by atoms with Crippen LogP contribution in [0.4, 0.5) is 0 Å². The van der Waals surface area contributed by atoms with Crippen molar-refractivity contribution >= 4 is 5.91 Å². The lowest BCUT2D eigenvalue weighted by Crippen LogP contribution is -2.31. The minimum absolute atomic E-state index is 0.0140. The largest absolute Gasteiger partial charge is 0.391 e. The molecule has 5 heteroatoms. The summed E-state index contributed by atoms with van der Waals surface area (Å²) in [6.07, 6.45) is 3.78. The van der Waals surface area contributed by atoms with Crippen LogP contribution in [0.25, 0.3) is 0 Å². The Kier molecular flexibility index (Phi) is 3.14. The van der Waals surface area contributed by atoms with Gasteiger partial charge in [-0.15, -0.1) is 0 Å². The Labute approximate surface area is 94.1 Å². The molecule has 16 heavy (non-hydrogen) atoms. The fraction of sp³-hybridized carbons (Fsp3) is 0.545. The highest BCUT2D eigenvalue weighted by Gasteiger charge is 2.24. The van der Waals surface area contributed by atoms with Crippen molar-refractivity contribution in [2.75, 3.05) is 13.1 Å². The predicted octanol–water partition coefficient (Wildman–Crippen LogP) is -0.0793. The van der Waals surface area contributed by atoms with Crippen molar-refractivity contribution in [3.8, 4) is 0 Å². The molecule has 5 nitrogen and oxygen atoms in total. The lowest BCUT2D eigenvalue weighted by atomic mass is 10.2. The third-order valence-corrected chi connectivity index (χ3v) is 2.82. The Hall–Kier alpha value is -1.49. The number of β-amino-alcohol motifs (C(OH)–C–C–N with tert-alkyl or cyclic N) is 1. The van der Waals surface area contributed by atoms with E-state index in [-0.39, 0.29) is 18.4 Å². The van der Waals surface area contributed by atoms with Crippen LogP contribution in [0, 0.1) is 6.92 Å². The molecular formula is C11H15N3O2. The van der Waals surface area contributed by atoms with Crippen molar-refractivity contribution in [3.05, 3.63) is 23.8 Å². The lowest BCUT2D eigenvalue weighted by molar-refractivity contribution is -0.129. The second-order valence-corrected chi connectivity index (χ2v) is 4.05. The second-order valence-electron chi connectivity index (χ2n) is 4.05. The fourth-order valence-electron chi connectivity index (χ4n) is 1.83. The molecule has 1 N–H and O–H groups in total. The van der Waals surface area contributed by atoms with Crippen molar-refractivity contribution in [1.82, 2.24) is 14.9 Å². The molecule has 0 spiro atoms. The number of amides is 1. The number of carbonyl (C=O) groups is 1. The van der Waals surface area contributed by atoms with Gasteiger partial charge in [0.25, 0.3) is 0 Å². The Morgan fingerprint density at radius 3 is 2.94 bits per heavy atom. The van der Waals surface area contributed by atoms with Gasteiger partial charge in [-0.25, -0.2) is 0 Å². The number of aliphatic hydroxyl groups excluding tert-OH is 1. The topological polar surface area (TPSA) is 66.3 Å². The van der Waals surface area contributed by atoms with Crippen molar-refractivity contribution in [3.63, 3.8) is 0 Å². The summed E-state index contributed by atoms with van der Waals surface area (Å²) in [7, 11) is 0. The molecule has 0 saturated carbocycles. The van der Waals surface area contributed by atoms with E-state index in [2.05, 4.69) is 9.97 Å². The van der Waals surface area contributed by atoms with E-state index in [1.54, 1.807) is 17.3 Å². The minimum atomic E-state index is -0.369. The summed E-state index contributed by atoms with van der Waals surface area (Å²) < 4.78 is 0. The molecule has 1 atom stereocenters. The number of hydrogen-bond acceptors (Lipinski definition) is 4. The number of aryl methyl sites for hydroxylation is 1. The van der Waals surface area contributed by atoms with E-state index < -0.39 is 0 Å². The second kappa shape index (κ2) is 4.57. The number of carbonyl (C=O) groups excluding carboxylic acids is 1. The van der Waals surface area contributed by atoms with Crippen LogP contribution in [0.2, 0.25) is 0 Å². The van der Waals surface area contributed by atoms with Crippen LogP contribution in [0.3, 0.4) is 0 Å². The molecule has 1 aromatic rings. The number of hydrogen-bond donors (Lipinski definition) is 1. The molecule has 1 aliphatic rings. The van der Waals surface area contributed by atoms with Crippen LogP contribution in [-0.2, 0) is 11.2 Å². The van der Waals surface area contributed by atoms with E-state index in [1.807, 2.05) is 6.92 Å². The Morgan fingerprint density at radius 1 is 1.56 bits per heavy atom. The van der Waals surface area contributed by atoms with Crippen LogP contribution in [0.5, 0.6) is 0 Å². The first-order valence-electron chi connectivity index (χ1n) is 5.39. The Morgan fingerprint density at radius 2 is 2.31 bits per heavy atom. The smallest absolute Gasteiger partial charge is 0.228 e. The van der Waals surface area contributed by atoms with Gasteiger partial charge >= 0.3 is 0 Å². The van der Waals surface area contributed by atoms with Gasteiger partial charge in [0.05, 0.1) is 23.9 Å². The van der Waals surface area contributed by atoms with Gasteiger partial charge in [-0.1, -0.05) is 0 Å². The molecule has 0 aliphatic carbocycles. The van der Waals surface area contributed by atoms with Crippen LogP contribution < -0.4 is 0 Å². The average molecular weight is 221 g/mol. The summed E-state index contributed by atoms with van der Waals surface area (Å²) in [4.78, 5) is 21.8. The van der Waals surface area contributed by atoms with Gasteiger partial charge in [0.1, 0.15) is 0 Å². The van der Waals surface area contributed by atoms with Crippen LogP contribution in [0.1, 0.15) is 17.8 Å². The highest BCUT2D eigenvalue weighted by atomic mass is 16.3. The molecule has 0 bridgehead atoms. The highest BCUT2D eigenvalue weighted by Crippen LogP contribution is 2.11. The van der Waals surface area contributed by atoms with E-state index in [0.29, 0.717) is 25.2 Å². The maximum absolute atomic E-state index is 11.9. The monoisotopic (exact) mass is 221 g/mol. The van der Waals surface area contributed by atoms with Gasteiger partial charge in [0, 0.05) is 25.5 Å². The zero-order chi connectivity index (χ0) is 11.5. The first-order chi connectivity index (χ1) is 7.66. The summed E-state index contributed by atoms with van der Waals surface area (Å²) in [6, 6.07) is 0. The summed E-state index contributed by atoms with van der Waals surface area (Å²) in [6.45, 7) is 2.92. The summed E-state index contributed by atoms with van der Waals surface area (Å²) in [5.74, 6) is 0.0140. The SMILES string of the molecule is Cc1nccnc1CC(=O)N1CCC(O)C1. The summed E-state index contributed by atoms with van der Waals surface area (Å²) >= 11 is 0. The first kappa shape index (κ1) is 11.0. The molecule has 2 rings (SSSR count). The van der Waals surface area contributed by atoms with Crippen molar-refractivity contribution in [1.29, 1.82) is 0 Å². The molecule has 86 valence electrons. The zero-order valence-electron chi connectivity index (χ0n) is 9.26. The van der Waals surface area contributed by atoms with Gasteiger partial charge < -0.3 is 10.0 Å². The Balaban J connectivity index is 2.00. The highest BCUT2D eigenvalue weighted by molar-refractivity contribution is 5.78. The van der Waals surface area contributed by atoms with Crippen molar-refractivity contribution in [2.24, 2.45) is 0 Å². The molecule has 1 unspecified atom stereocenters. The van der Waals surface area contributed by atoms with E-state index >= 15 is 0 Å². The number of nitrogens with zero attached hydrogens (tertiary/aromatic N) is 3. The van der Waals surface area contributed by atoms with Crippen LogP contribution >= 0.6 is 0 Å². The van der Waals surface area contributed by atoms with Gasteiger partial charge in [0.2, 0.25) is 5.91 Å². The maximum Gasteiger partial charge on any atom is 0.228 e. The zero-order valence-corrected chi connectivity index (χ0v) is 9.26. The molecule has 1 aliphatic heterocycles. The minimum Gasteiger partial charge on any atom is -0.391 e. The van der Waals surface area contributed by atoms with Crippen LogP contribution in [0.15, 0.2) is 12.4 Å². The van der Waals surface area contributed by atoms with Crippen molar-refractivity contribution < 1.29 is 9.90 Å². The summed E-state index contributed by atoms with van der Waals surface area (Å²) in [5.41, 5.74) is 1.50. The molecule has 0 aromatic carbocycles. The van der Waals surface area contributed by atoms with E-state index in [9.17, 15) is 9.90 Å². The van der Waals surface area contributed by atoms with Crippen molar-refractivity contribution in [2.45, 2.75) is 25.9 Å². The Bertz CT molecular complexity index is 395. The molecule has 1 amide bonds. The predicted molar refractivity (Wildman–Crippen MR) is 57.7 cm³/mol. The quantitative estimate of drug-likeness (QED) is 0.758. The standard InChI is InChI=1S/C11H15N3O2/c1-8-10(13-4-3-12-8)6-11(16)14-5-2-9(15)7-14/h3-4,9,15H,2,5-7H2,1H3.